The second-order valence-corrected chi connectivity index (χ2v) is 4.10. The largest absolute Gasteiger partial charge is 0.292 e. The minimum Gasteiger partial charge on any atom is -0.292 e. The zero-order chi connectivity index (χ0) is 11.7. The molecule has 0 spiro atoms. The molecule has 0 radical (unpaired) electrons. The Kier molecular flexibility index (Phi) is 3.35. The fourth-order valence-corrected chi connectivity index (χ4v) is 2.05. The summed E-state index contributed by atoms with van der Waals surface area (Å²) in [5, 5.41) is 0.681. The van der Waals surface area contributed by atoms with E-state index in [1.54, 1.807) is 12.1 Å². The topological polar surface area (TPSA) is 54.0 Å². The van der Waals surface area contributed by atoms with Crippen LogP contribution in [-0.2, 0) is 0 Å². The van der Waals surface area contributed by atoms with Gasteiger partial charge in [0.15, 0.2) is 6.29 Å². The summed E-state index contributed by atoms with van der Waals surface area (Å²) in [6.07, 6.45) is -0.725. The number of anilines is 1. The van der Waals surface area contributed by atoms with Crippen molar-refractivity contribution in [1.29, 1.82) is 0 Å². The van der Waals surface area contributed by atoms with Crippen LogP contribution in [0.1, 0.15) is 0 Å². The van der Waals surface area contributed by atoms with E-state index in [4.69, 9.17) is 40.5 Å². The van der Waals surface area contributed by atoms with Crippen molar-refractivity contribution >= 4 is 51.1 Å². The molecule has 0 aliphatic carbocycles. The average molecular weight is 278 g/mol. The number of hydrogen-bond donors (Lipinski definition) is 1. The lowest BCUT2D eigenvalue weighted by Crippen LogP contribution is -2.45. The molecular weight excluding hydrogens is 270 g/mol. The number of halogens is 3. The molecule has 1 atom stereocenters. The van der Waals surface area contributed by atoms with Crippen molar-refractivity contribution in [3.8, 4) is 0 Å². The molecule has 7 heteroatoms. The van der Waals surface area contributed by atoms with Crippen LogP contribution in [0.5, 0.6) is 0 Å². The Morgan fingerprint density at radius 2 is 1.88 bits per heavy atom. The van der Waals surface area contributed by atoms with Gasteiger partial charge in [-0.2, -0.15) is 4.99 Å². The zero-order valence-electron chi connectivity index (χ0n) is 7.94. The van der Waals surface area contributed by atoms with E-state index in [1.165, 1.54) is 4.90 Å². The van der Waals surface area contributed by atoms with E-state index in [0.717, 1.165) is 0 Å². The summed E-state index contributed by atoms with van der Waals surface area (Å²) in [4.78, 5) is 9.20. The maximum atomic E-state index is 6.03. The Morgan fingerprint density at radius 1 is 1.19 bits per heavy atom. The summed E-state index contributed by atoms with van der Waals surface area (Å²) >= 11 is 17.6. The van der Waals surface area contributed by atoms with Crippen LogP contribution in [0.4, 0.5) is 5.69 Å². The van der Waals surface area contributed by atoms with Crippen molar-refractivity contribution in [2.24, 2.45) is 15.7 Å². The summed E-state index contributed by atoms with van der Waals surface area (Å²) in [5.41, 5.74) is 6.43. The van der Waals surface area contributed by atoms with Gasteiger partial charge in [0, 0.05) is 0 Å². The molecule has 4 nitrogen and oxygen atoms in total. The molecule has 0 saturated heterocycles. The van der Waals surface area contributed by atoms with Crippen molar-refractivity contribution in [1.82, 2.24) is 0 Å². The highest BCUT2D eigenvalue weighted by molar-refractivity contribution is 6.73. The van der Waals surface area contributed by atoms with Crippen molar-refractivity contribution in [3.05, 3.63) is 29.3 Å². The molecule has 1 aromatic carbocycles. The molecule has 0 saturated carbocycles. The summed E-state index contributed by atoms with van der Waals surface area (Å²) in [6, 6.07) is 7.13. The lowest BCUT2D eigenvalue weighted by molar-refractivity contribution is 0.731. The molecule has 0 fully saturated rings. The SMILES string of the molecule is NC1N=C(Cl)N=C(Cl)N1c1ccccc1Cl. The number of amidine groups is 2. The third kappa shape index (κ3) is 2.15. The second-order valence-electron chi connectivity index (χ2n) is 3.01. The fraction of sp³-hybridized carbons (Fsp3) is 0.111. The first kappa shape index (κ1) is 11.7. The van der Waals surface area contributed by atoms with Crippen molar-refractivity contribution in [2.45, 2.75) is 6.29 Å². The smallest absolute Gasteiger partial charge is 0.223 e. The molecule has 1 aliphatic heterocycles. The molecule has 84 valence electrons. The molecule has 2 rings (SSSR count). The highest BCUT2D eigenvalue weighted by atomic mass is 35.5. The van der Waals surface area contributed by atoms with Crippen molar-refractivity contribution in [2.75, 3.05) is 4.90 Å². The minimum atomic E-state index is -0.725. The van der Waals surface area contributed by atoms with Gasteiger partial charge in [0.05, 0.1) is 10.7 Å². The molecule has 1 heterocycles. The van der Waals surface area contributed by atoms with E-state index < -0.39 is 6.29 Å². The predicted octanol–water partition coefficient (Wildman–Crippen LogP) is 2.59. The first-order valence-electron chi connectivity index (χ1n) is 4.36. The Balaban J connectivity index is 2.43. The summed E-state index contributed by atoms with van der Waals surface area (Å²) in [7, 11) is 0. The standard InChI is InChI=1S/C9H7Cl3N4/c10-5-3-1-2-4-6(5)16-8(12)14-7(11)15-9(16)13/h1-4,9H,13H2. The molecule has 0 aromatic heterocycles. The summed E-state index contributed by atoms with van der Waals surface area (Å²) < 4.78 is 0. The van der Waals surface area contributed by atoms with Gasteiger partial charge in [-0.3, -0.25) is 10.6 Å². The number of aliphatic imine (C=N–C) groups is 2. The maximum Gasteiger partial charge on any atom is 0.223 e. The van der Waals surface area contributed by atoms with Crippen molar-refractivity contribution < 1.29 is 0 Å². The number of nitrogens with two attached hydrogens (primary N) is 1. The van der Waals surface area contributed by atoms with Gasteiger partial charge in [-0.05, 0) is 35.3 Å². The number of nitrogens with zero attached hydrogens (tertiary/aromatic N) is 3. The van der Waals surface area contributed by atoms with Gasteiger partial charge in [0.2, 0.25) is 10.6 Å². The molecule has 0 bridgehead atoms. The molecule has 0 amide bonds. The number of para-hydroxylation sites is 1. The Hall–Kier alpha value is -0.810. The highest BCUT2D eigenvalue weighted by Crippen LogP contribution is 2.28. The van der Waals surface area contributed by atoms with Gasteiger partial charge in [-0.15, -0.1) is 0 Å². The van der Waals surface area contributed by atoms with Crippen LogP contribution in [0.15, 0.2) is 34.3 Å². The van der Waals surface area contributed by atoms with Crippen LogP contribution in [0, 0.1) is 0 Å². The fourth-order valence-electron chi connectivity index (χ4n) is 1.32. The van der Waals surface area contributed by atoms with Crippen molar-refractivity contribution in [3.63, 3.8) is 0 Å². The van der Waals surface area contributed by atoms with E-state index in [9.17, 15) is 0 Å². The lowest BCUT2D eigenvalue weighted by atomic mass is 10.3. The van der Waals surface area contributed by atoms with E-state index in [0.29, 0.717) is 10.7 Å². The first-order chi connectivity index (χ1) is 7.59. The summed E-state index contributed by atoms with van der Waals surface area (Å²) in [6.45, 7) is 0. The third-order valence-electron chi connectivity index (χ3n) is 2.00. The Bertz CT molecular complexity index is 472. The van der Waals surface area contributed by atoms with Gasteiger partial charge in [0.25, 0.3) is 0 Å². The monoisotopic (exact) mass is 276 g/mol. The number of hydrogen-bond acceptors (Lipinski definition) is 4. The predicted molar refractivity (Wildman–Crippen MR) is 68.5 cm³/mol. The van der Waals surface area contributed by atoms with E-state index in [-0.39, 0.29) is 10.6 Å². The number of rotatable bonds is 1. The van der Waals surface area contributed by atoms with E-state index in [2.05, 4.69) is 9.98 Å². The van der Waals surface area contributed by atoms with Crippen LogP contribution in [0.3, 0.4) is 0 Å². The molecule has 1 unspecified atom stereocenters. The highest BCUT2D eigenvalue weighted by Gasteiger charge is 2.24. The Morgan fingerprint density at radius 3 is 2.50 bits per heavy atom. The maximum absolute atomic E-state index is 6.03. The molecule has 1 aliphatic rings. The molecule has 16 heavy (non-hydrogen) atoms. The van der Waals surface area contributed by atoms with Gasteiger partial charge in [-0.25, -0.2) is 4.99 Å². The minimum absolute atomic E-state index is 0.0285. The molecule has 1 aromatic rings. The lowest BCUT2D eigenvalue weighted by Gasteiger charge is -2.29. The van der Waals surface area contributed by atoms with E-state index >= 15 is 0 Å². The van der Waals surface area contributed by atoms with Crippen LogP contribution in [0.25, 0.3) is 0 Å². The average Bonchev–Trinajstić information content (AvgIpc) is 2.19. The van der Waals surface area contributed by atoms with Gasteiger partial charge >= 0.3 is 0 Å². The first-order valence-corrected chi connectivity index (χ1v) is 5.50. The second kappa shape index (κ2) is 4.59. The zero-order valence-corrected chi connectivity index (χ0v) is 10.2. The van der Waals surface area contributed by atoms with Crippen LogP contribution in [-0.4, -0.2) is 16.9 Å². The van der Waals surface area contributed by atoms with Crippen LogP contribution in [0.2, 0.25) is 5.02 Å². The van der Waals surface area contributed by atoms with Gasteiger partial charge in [0.1, 0.15) is 0 Å². The molecule has 2 N–H and O–H groups in total. The third-order valence-corrected chi connectivity index (χ3v) is 2.77. The Labute approximate surface area is 107 Å². The van der Waals surface area contributed by atoms with Gasteiger partial charge < -0.3 is 0 Å². The van der Waals surface area contributed by atoms with Crippen LogP contribution < -0.4 is 10.6 Å². The number of benzene rings is 1. The van der Waals surface area contributed by atoms with Gasteiger partial charge in [-0.1, -0.05) is 23.7 Å². The quantitative estimate of drug-likeness (QED) is 0.802. The van der Waals surface area contributed by atoms with Crippen LogP contribution >= 0.6 is 34.8 Å². The molecular formula is C9H7Cl3N4. The van der Waals surface area contributed by atoms with E-state index in [1.807, 2.05) is 12.1 Å². The normalized spacial score (nSPS) is 20.5. The summed E-state index contributed by atoms with van der Waals surface area (Å²) in [5.74, 6) is 0.